The van der Waals surface area contributed by atoms with Crippen LogP contribution in [0.2, 0.25) is 0 Å². The Labute approximate surface area is 240 Å². The Bertz CT molecular complexity index is 2450. The first-order valence-electron chi connectivity index (χ1n) is 13.6. The van der Waals surface area contributed by atoms with Gasteiger partial charge in [0.1, 0.15) is 22.3 Å². The lowest BCUT2D eigenvalue weighted by Gasteiger charge is -2.12. The maximum Gasteiger partial charge on any atom is 0.143 e. The van der Waals surface area contributed by atoms with E-state index in [2.05, 4.69) is 60.7 Å². The van der Waals surface area contributed by atoms with Gasteiger partial charge in [-0.3, -0.25) is 0 Å². The Kier molecular flexibility index (Phi) is 5.22. The summed E-state index contributed by atoms with van der Waals surface area (Å²) in [4.78, 5) is 0. The first kappa shape index (κ1) is 23.8. The Morgan fingerprint density at radius 3 is 2.02 bits per heavy atom. The van der Waals surface area contributed by atoms with E-state index >= 15 is 0 Å². The molecular formula is C38H20N2O2. The number of fused-ring (bicyclic) bond motifs is 6. The highest BCUT2D eigenvalue weighted by Gasteiger charge is 2.16. The molecule has 4 nitrogen and oxygen atoms in total. The molecule has 8 rings (SSSR count). The minimum absolute atomic E-state index is 0.600. The maximum atomic E-state index is 9.90. The van der Waals surface area contributed by atoms with E-state index in [0.717, 1.165) is 77.3 Å². The first-order chi connectivity index (χ1) is 20.7. The molecule has 0 saturated heterocycles. The van der Waals surface area contributed by atoms with Crippen molar-refractivity contribution >= 4 is 43.9 Å². The summed E-state index contributed by atoms with van der Waals surface area (Å²) >= 11 is 0. The molecule has 0 fully saturated rings. The smallest absolute Gasteiger partial charge is 0.143 e. The van der Waals surface area contributed by atoms with Crippen LogP contribution in [0.3, 0.4) is 0 Å². The predicted octanol–water partition coefficient (Wildman–Crippen LogP) is 10.2. The number of nitriles is 2. The van der Waals surface area contributed by atoms with Crippen LogP contribution in [0.1, 0.15) is 11.1 Å². The van der Waals surface area contributed by atoms with E-state index in [1.165, 1.54) is 0 Å². The zero-order chi connectivity index (χ0) is 28.2. The van der Waals surface area contributed by atoms with Gasteiger partial charge in [0.25, 0.3) is 0 Å². The van der Waals surface area contributed by atoms with Crippen molar-refractivity contribution in [3.8, 4) is 45.5 Å². The highest BCUT2D eigenvalue weighted by Crippen LogP contribution is 2.40. The number of furan rings is 2. The van der Waals surface area contributed by atoms with Crippen LogP contribution >= 0.6 is 0 Å². The van der Waals surface area contributed by atoms with Crippen molar-refractivity contribution < 1.29 is 8.83 Å². The highest BCUT2D eigenvalue weighted by molar-refractivity contribution is 6.10. The fourth-order valence-electron chi connectivity index (χ4n) is 5.94. The zero-order valence-corrected chi connectivity index (χ0v) is 22.3. The lowest BCUT2D eigenvalue weighted by atomic mass is 9.91. The van der Waals surface area contributed by atoms with E-state index in [4.69, 9.17) is 8.83 Å². The number of para-hydroxylation sites is 2. The van der Waals surface area contributed by atoms with Crippen molar-refractivity contribution in [2.45, 2.75) is 0 Å². The number of nitrogens with zero attached hydrogens (tertiary/aromatic N) is 2. The molecule has 0 saturated carbocycles. The fourth-order valence-corrected chi connectivity index (χ4v) is 5.94. The van der Waals surface area contributed by atoms with Crippen LogP contribution in [-0.4, -0.2) is 0 Å². The molecule has 2 heterocycles. The molecule has 0 unspecified atom stereocenters. The first-order valence-corrected chi connectivity index (χ1v) is 13.6. The van der Waals surface area contributed by atoms with Gasteiger partial charge in [-0.2, -0.15) is 10.5 Å². The van der Waals surface area contributed by atoms with Gasteiger partial charge in [0, 0.05) is 27.1 Å². The third kappa shape index (κ3) is 3.68. The van der Waals surface area contributed by atoms with Gasteiger partial charge in [-0.15, -0.1) is 0 Å². The molecule has 0 atom stereocenters. The second-order valence-electron chi connectivity index (χ2n) is 10.4. The summed E-state index contributed by atoms with van der Waals surface area (Å²) in [6.45, 7) is 0. The summed E-state index contributed by atoms with van der Waals surface area (Å²) in [5.74, 6) is 0. The van der Waals surface area contributed by atoms with E-state index in [9.17, 15) is 10.5 Å². The molecule has 0 N–H and O–H groups in total. The molecule has 0 aliphatic carbocycles. The molecule has 194 valence electrons. The average molecular weight is 537 g/mol. The average Bonchev–Trinajstić information content (AvgIpc) is 3.62. The summed E-state index contributed by atoms with van der Waals surface area (Å²) in [5, 5.41) is 23.3. The van der Waals surface area contributed by atoms with Crippen molar-refractivity contribution in [2.75, 3.05) is 0 Å². The van der Waals surface area contributed by atoms with Gasteiger partial charge in [-0.05, 0) is 88.5 Å². The summed E-state index contributed by atoms with van der Waals surface area (Å²) in [7, 11) is 0. The minimum atomic E-state index is 0.600. The molecule has 0 radical (unpaired) electrons. The summed E-state index contributed by atoms with van der Waals surface area (Å²) in [6.07, 6.45) is 0. The molecule has 42 heavy (non-hydrogen) atoms. The Morgan fingerprint density at radius 2 is 1.14 bits per heavy atom. The second kappa shape index (κ2) is 9.24. The molecular weight excluding hydrogens is 516 g/mol. The molecule has 8 aromatic rings. The monoisotopic (exact) mass is 536 g/mol. The van der Waals surface area contributed by atoms with Crippen molar-refractivity contribution in [1.82, 2.24) is 0 Å². The van der Waals surface area contributed by atoms with Gasteiger partial charge >= 0.3 is 0 Å². The third-order valence-corrected chi connectivity index (χ3v) is 7.94. The van der Waals surface area contributed by atoms with E-state index in [1.54, 1.807) is 6.07 Å². The minimum Gasteiger partial charge on any atom is -0.456 e. The molecule has 4 heteroatoms. The molecule has 0 amide bonds. The van der Waals surface area contributed by atoms with Crippen LogP contribution in [0.15, 0.2) is 130 Å². The van der Waals surface area contributed by atoms with Gasteiger partial charge < -0.3 is 8.83 Å². The molecule has 0 aliphatic rings. The quantitative estimate of drug-likeness (QED) is 0.225. The zero-order valence-electron chi connectivity index (χ0n) is 22.3. The molecule has 0 bridgehead atoms. The molecule has 2 aromatic heterocycles. The van der Waals surface area contributed by atoms with Gasteiger partial charge in [0.05, 0.1) is 23.3 Å². The van der Waals surface area contributed by atoms with Crippen LogP contribution in [0.25, 0.3) is 77.3 Å². The molecule has 6 aromatic carbocycles. The number of hydrogen-bond acceptors (Lipinski definition) is 4. The van der Waals surface area contributed by atoms with Gasteiger partial charge in [-0.1, -0.05) is 60.7 Å². The lowest BCUT2D eigenvalue weighted by Crippen LogP contribution is -1.89. The predicted molar refractivity (Wildman–Crippen MR) is 167 cm³/mol. The van der Waals surface area contributed by atoms with Crippen LogP contribution in [0.5, 0.6) is 0 Å². The van der Waals surface area contributed by atoms with Gasteiger partial charge in [-0.25, -0.2) is 0 Å². The van der Waals surface area contributed by atoms with Crippen molar-refractivity contribution in [3.05, 3.63) is 132 Å². The van der Waals surface area contributed by atoms with Crippen LogP contribution in [0, 0.1) is 22.7 Å². The SMILES string of the molecule is N#Cc1ccc2oc3cc(-c4cc(-c5ccccc5C#N)cc(-c5cccc6c5oc5ccccc56)c4)ccc3c2c1. The van der Waals surface area contributed by atoms with E-state index < -0.39 is 0 Å². The van der Waals surface area contributed by atoms with Crippen LogP contribution < -0.4 is 0 Å². The fraction of sp³-hybridized carbons (Fsp3) is 0. The van der Waals surface area contributed by atoms with Crippen molar-refractivity contribution in [1.29, 1.82) is 10.5 Å². The highest BCUT2D eigenvalue weighted by atomic mass is 16.3. The number of hydrogen-bond donors (Lipinski definition) is 0. The lowest BCUT2D eigenvalue weighted by molar-refractivity contribution is 0.669. The van der Waals surface area contributed by atoms with Gasteiger partial charge in [0.15, 0.2) is 0 Å². The Morgan fingerprint density at radius 1 is 0.429 bits per heavy atom. The summed E-state index contributed by atoms with van der Waals surface area (Å²) < 4.78 is 12.6. The summed E-state index contributed by atoms with van der Waals surface area (Å²) in [6, 6.07) is 44.6. The number of benzene rings is 6. The Hall–Kier alpha value is -6.10. The third-order valence-electron chi connectivity index (χ3n) is 7.94. The van der Waals surface area contributed by atoms with Crippen LogP contribution in [0.4, 0.5) is 0 Å². The second-order valence-corrected chi connectivity index (χ2v) is 10.4. The maximum absolute atomic E-state index is 9.90. The van der Waals surface area contributed by atoms with E-state index in [1.807, 2.05) is 66.7 Å². The summed E-state index contributed by atoms with van der Waals surface area (Å²) in [5.41, 5.74) is 10.1. The molecule has 0 aliphatic heterocycles. The number of rotatable bonds is 3. The topological polar surface area (TPSA) is 73.9 Å². The van der Waals surface area contributed by atoms with E-state index in [-0.39, 0.29) is 0 Å². The largest absolute Gasteiger partial charge is 0.456 e. The van der Waals surface area contributed by atoms with Crippen molar-refractivity contribution in [3.63, 3.8) is 0 Å². The van der Waals surface area contributed by atoms with E-state index in [0.29, 0.717) is 11.1 Å². The van der Waals surface area contributed by atoms with Crippen LogP contribution in [-0.2, 0) is 0 Å². The molecule has 0 spiro atoms. The van der Waals surface area contributed by atoms with Crippen molar-refractivity contribution in [2.24, 2.45) is 0 Å². The standard InChI is InChI=1S/C38H20N2O2/c39-21-23-12-15-36-34(16-23)32-14-13-24(20-37(32)41-36)26-17-27(29-7-2-1-6-25(29)22-40)19-28(18-26)30-9-5-10-33-31-8-3-4-11-35(31)42-38(30)33/h1-20H. The normalized spacial score (nSPS) is 11.3. The Balaban J connectivity index is 1.38. The van der Waals surface area contributed by atoms with Gasteiger partial charge in [0.2, 0.25) is 0 Å².